The molecule has 1 nitrogen and oxygen atoms in total. The van der Waals surface area contributed by atoms with Gasteiger partial charge in [0.1, 0.15) is 0 Å². The van der Waals surface area contributed by atoms with Gasteiger partial charge in [0.25, 0.3) is 0 Å². The molecule has 0 radical (unpaired) electrons. The Balaban J connectivity index is 2.91. The molecule has 0 fully saturated rings. The van der Waals surface area contributed by atoms with E-state index >= 15 is 0 Å². The zero-order valence-electron chi connectivity index (χ0n) is 7.24. The minimum absolute atomic E-state index is 0.0169. The fraction of sp³-hybridized carbons (Fsp3) is 0.222. The number of halogens is 5. The van der Waals surface area contributed by atoms with E-state index in [2.05, 4.69) is 0 Å². The lowest BCUT2D eigenvalue weighted by molar-refractivity contribution is -0.170. The van der Waals surface area contributed by atoms with Crippen LogP contribution in [0.1, 0.15) is 5.56 Å². The Hall–Kier alpha value is -0.740. The van der Waals surface area contributed by atoms with E-state index < -0.39 is 18.4 Å². The molecule has 0 aliphatic rings. The summed E-state index contributed by atoms with van der Waals surface area (Å²) in [6.45, 7) is 0. The van der Waals surface area contributed by atoms with Crippen LogP contribution in [0.25, 0.3) is 0 Å². The molecule has 0 unspecified atom stereocenters. The zero-order chi connectivity index (χ0) is 11.6. The van der Waals surface area contributed by atoms with Gasteiger partial charge in [-0.3, -0.25) is 4.79 Å². The predicted octanol–water partition coefficient (Wildman–Crippen LogP) is 3.67. The Morgan fingerprint density at radius 2 is 1.87 bits per heavy atom. The van der Waals surface area contributed by atoms with E-state index in [1.807, 2.05) is 0 Å². The van der Waals surface area contributed by atoms with Gasteiger partial charge in [0.05, 0.1) is 10.0 Å². The number of alkyl halides is 3. The molecular weight excluding hydrogens is 252 g/mol. The molecule has 15 heavy (non-hydrogen) atoms. The van der Waals surface area contributed by atoms with Crippen molar-refractivity contribution < 1.29 is 18.0 Å². The molecule has 0 saturated carbocycles. The first-order valence-electron chi connectivity index (χ1n) is 3.85. The fourth-order valence-electron chi connectivity index (χ4n) is 0.958. The summed E-state index contributed by atoms with van der Waals surface area (Å²) in [7, 11) is 0. The lowest BCUT2D eigenvalue weighted by Gasteiger charge is -2.07. The molecule has 1 aromatic carbocycles. The molecule has 0 aliphatic heterocycles. The van der Waals surface area contributed by atoms with Crippen LogP contribution in [-0.4, -0.2) is 12.0 Å². The predicted molar refractivity (Wildman–Crippen MR) is 51.2 cm³/mol. The molecule has 0 atom stereocenters. The maximum absolute atomic E-state index is 11.9. The highest BCUT2D eigenvalue weighted by Crippen LogP contribution is 2.28. The second kappa shape index (κ2) is 4.41. The summed E-state index contributed by atoms with van der Waals surface area (Å²) in [5.74, 6) is -1.84. The van der Waals surface area contributed by atoms with Gasteiger partial charge in [-0.1, -0.05) is 35.3 Å². The van der Waals surface area contributed by atoms with Gasteiger partial charge in [0, 0.05) is 6.42 Å². The molecule has 6 heteroatoms. The molecule has 0 amide bonds. The quantitative estimate of drug-likeness (QED) is 0.789. The van der Waals surface area contributed by atoms with Gasteiger partial charge in [-0.2, -0.15) is 13.2 Å². The average Bonchev–Trinajstić information content (AvgIpc) is 2.11. The summed E-state index contributed by atoms with van der Waals surface area (Å²) in [4.78, 5) is 10.7. The van der Waals surface area contributed by atoms with Gasteiger partial charge < -0.3 is 0 Å². The fourth-order valence-corrected chi connectivity index (χ4v) is 1.35. The van der Waals surface area contributed by atoms with Crippen LogP contribution in [0.4, 0.5) is 13.2 Å². The summed E-state index contributed by atoms with van der Waals surface area (Å²) >= 11 is 11.2. The number of hydrogen-bond donors (Lipinski definition) is 0. The van der Waals surface area contributed by atoms with Crippen molar-refractivity contribution in [2.24, 2.45) is 0 Å². The topological polar surface area (TPSA) is 17.1 Å². The summed E-state index contributed by atoms with van der Waals surface area (Å²) in [6, 6.07) is 4.20. The van der Waals surface area contributed by atoms with Crippen molar-refractivity contribution in [1.29, 1.82) is 0 Å². The van der Waals surface area contributed by atoms with E-state index in [1.165, 1.54) is 18.2 Å². The zero-order valence-corrected chi connectivity index (χ0v) is 8.75. The van der Waals surface area contributed by atoms with Crippen LogP contribution >= 0.6 is 23.2 Å². The third-order valence-electron chi connectivity index (χ3n) is 1.70. The largest absolute Gasteiger partial charge is 0.450 e. The van der Waals surface area contributed by atoms with Gasteiger partial charge in [-0.05, 0) is 11.6 Å². The monoisotopic (exact) mass is 256 g/mol. The number of hydrogen-bond acceptors (Lipinski definition) is 1. The van der Waals surface area contributed by atoms with Gasteiger partial charge in [0.2, 0.25) is 5.78 Å². The van der Waals surface area contributed by atoms with Crippen molar-refractivity contribution >= 4 is 29.0 Å². The second-order valence-electron chi connectivity index (χ2n) is 2.81. The van der Waals surface area contributed by atoms with Gasteiger partial charge in [-0.15, -0.1) is 0 Å². The van der Waals surface area contributed by atoms with Gasteiger partial charge in [-0.25, -0.2) is 0 Å². The number of rotatable bonds is 2. The summed E-state index contributed by atoms with van der Waals surface area (Å²) < 4.78 is 35.8. The van der Waals surface area contributed by atoms with Crippen LogP contribution in [0.15, 0.2) is 18.2 Å². The normalized spacial score (nSPS) is 11.5. The van der Waals surface area contributed by atoms with Crippen LogP contribution < -0.4 is 0 Å². The molecule has 0 bridgehead atoms. The second-order valence-corrected chi connectivity index (χ2v) is 3.60. The molecule has 0 heterocycles. The molecule has 0 aromatic heterocycles. The summed E-state index contributed by atoms with van der Waals surface area (Å²) in [6.07, 6.45) is -5.63. The summed E-state index contributed by atoms with van der Waals surface area (Å²) in [5, 5.41) is 0.112. The lowest BCUT2D eigenvalue weighted by atomic mass is 10.1. The molecule has 0 N–H and O–H groups in total. The minimum Gasteiger partial charge on any atom is -0.289 e. The van der Waals surface area contributed by atoms with Crippen LogP contribution in [0.2, 0.25) is 10.0 Å². The third-order valence-corrected chi connectivity index (χ3v) is 2.56. The van der Waals surface area contributed by atoms with E-state index in [-0.39, 0.29) is 15.6 Å². The van der Waals surface area contributed by atoms with E-state index in [0.29, 0.717) is 0 Å². The van der Waals surface area contributed by atoms with E-state index in [9.17, 15) is 18.0 Å². The number of carbonyl (C=O) groups excluding carboxylic acids is 1. The Labute approximate surface area is 93.8 Å². The average molecular weight is 257 g/mol. The van der Waals surface area contributed by atoms with Crippen molar-refractivity contribution in [3.8, 4) is 0 Å². The highest BCUT2D eigenvalue weighted by Gasteiger charge is 2.38. The van der Waals surface area contributed by atoms with E-state index in [1.54, 1.807) is 0 Å². The SMILES string of the molecule is O=C(Cc1cccc(Cl)c1Cl)C(F)(F)F. The van der Waals surface area contributed by atoms with Crippen LogP contribution in [0.3, 0.4) is 0 Å². The lowest BCUT2D eigenvalue weighted by Crippen LogP contribution is -2.24. The number of benzene rings is 1. The Morgan fingerprint density at radius 1 is 1.27 bits per heavy atom. The van der Waals surface area contributed by atoms with E-state index in [0.717, 1.165) is 0 Å². The van der Waals surface area contributed by atoms with Crippen LogP contribution in [0.5, 0.6) is 0 Å². The van der Waals surface area contributed by atoms with Crippen molar-refractivity contribution in [2.45, 2.75) is 12.6 Å². The van der Waals surface area contributed by atoms with Crippen molar-refractivity contribution in [2.75, 3.05) is 0 Å². The third kappa shape index (κ3) is 3.11. The van der Waals surface area contributed by atoms with Crippen LogP contribution in [0, 0.1) is 0 Å². The Morgan fingerprint density at radius 3 is 2.40 bits per heavy atom. The Kier molecular flexibility index (Phi) is 3.62. The molecule has 0 spiro atoms. The van der Waals surface area contributed by atoms with Crippen molar-refractivity contribution in [3.05, 3.63) is 33.8 Å². The smallest absolute Gasteiger partial charge is 0.289 e. The standard InChI is InChI=1S/C9H5Cl2F3O/c10-6-3-1-2-5(8(6)11)4-7(15)9(12,13)14/h1-3H,4H2. The van der Waals surface area contributed by atoms with Crippen molar-refractivity contribution in [3.63, 3.8) is 0 Å². The first-order valence-corrected chi connectivity index (χ1v) is 4.61. The molecule has 0 saturated heterocycles. The van der Waals surface area contributed by atoms with Crippen LogP contribution in [-0.2, 0) is 11.2 Å². The molecule has 0 aliphatic carbocycles. The molecule has 82 valence electrons. The highest BCUT2D eigenvalue weighted by molar-refractivity contribution is 6.42. The van der Waals surface area contributed by atoms with Gasteiger partial charge in [0.15, 0.2) is 0 Å². The molecule has 1 rings (SSSR count). The maximum Gasteiger partial charge on any atom is 0.450 e. The molecule has 1 aromatic rings. The Bertz CT molecular complexity index is 387. The highest BCUT2D eigenvalue weighted by atomic mass is 35.5. The number of Topliss-reactive ketones (excluding diaryl/α,β-unsaturated/α-hetero) is 1. The maximum atomic E-state index is 11.9. The van der Waals surface area contributed by atoms with E-state index in [4.69, 9.17) is 23.2 Å². The first kappa shape index (κ1) is 12.3. The minimum atomic E-state index is -4.84. The summed E-state index contributed by atoms with van der Waals surface area (Å²) in [5.41, 5.74) is 0.0755. The number of carbonyl (C=O) groups is 1. The van der Waals surface area contributed by atoms with Gasteiger partial charge >= 0.3 is 6.18 Å². The number of ketones is 1. The first-order chi connectivity index (χ1) is 6.82. The van der Waals surface area contributed by atoms with Crippen molar-refractivity contribution in [1.82, 2.24) is 0 Å². The molecular formula is C9H5Cl2F3O.